The molecule has 1 aromatic heterocycles. The van der Waals surface area contributed by atoms with Gasteiger partial charge in [0.25, 0.3) is 0 Å². The SMILES string of the molecule is CC(=O)N1CC(c2ncc(C(=O)O)cn2)C1. The van der Waals surface area contributed by atoms with Gasteiger partial charge < -0.3 is 10.0 Å². The van der Waals surface area contributed by atoms with Crippen molar-refractivity contribution in [3.05, 3.63) is 23.8 Å². The van der Waals surface area contributed by atoms with Gasteiger partial charge in [0.1, 0.15) is 5.82 Å². The highest BCUT2D eigenvalue weighted by Crippen LogP contribution is 2.23. The smallest absolute Gasteiger partial charge is 0.338 e. The second-order valence-corrected chi connectivity index (χ2v) is 3.76. The summed E-state index contributed by atoms with van der Waals surface area (Å²) >= 11 is 0. The van der Waals surface area contributed by atoms with E-state index in [9.17, 15) is 9.59 Å². The maximum Gasteiger partial charge on any atom is 0.338 e. The van der Waals surface area contributed by atoms with Crippen molar-refractivity contribution in [3.8, 4) is 0 Å². The molecule has 0 aromatic carbocycles. The van der Waals surface area contributed by atoms with Crippen molar-refractivity contribution in [1.82, 2.24) is 14.9 Å². The van der Waals surface area contributed by atoms with E-state index in [1.807, 2.05) is 0 Å². The first-order valence-electron chi connectivity index (χ1n) is 4.88. The molecule has 0 unspecified atom stereocenters. The first kappa shape index (κ1) is 10.5. The van der Waals surface area contributed by atoms with E-state index in [2.05, 4.69) is 9.97 Å². The van der Waals surface area contributed by atoms with Gasteiger partial charge in [-0.1, -0.05) is 0 Å². The van der Waals surface area contributed by atoms with Crippen molar-refractivity contribution in [1.29, 1.82) is 0 Å². The summed E-state index contributed by atoms with van der Waals surface area (Å²) < 4.78 is 0. The first-order chi connectivity index (χ1) is 7.58. The summed E-state index contributed by atoms with van der Waals surface area (Å²) in [5.41, 5.74) is 0.0755. The lowest BCUT2D eigenvalue weighted by atomic mass is 9.99. The lowest BCUT2D eigenvalue weighted by Crippen LogP contribution is -2.48. The Morgan fingerprint density at radius 2 is 1.94 bits per heavy atom. The van der Waals surface area contributed by atoms with Crippen LogP contribution >= 0.6 is 0 Å². The molecule has 2 heterocycles. The largest absolute Gasteiger partial charge is 0.478 e. The molecule has 6 nitrogen and oxygen atoms in total. The molecule has 2 rings (SSSR count). The molecular weight excluding hydrogens is 210 g/mol. The molecule has 1 aliphatic heterocycles. The number of likely N-dealkylation sites (tertiary alicyclic amines) is 1. The third-order valence-electron chi connectivity index (χ3n) is 2.61. The van der Waals surface area contributed by atoms with Gasteiger partial charge in [-0.15, -0.1) is 0 Å². The second kappa shape index (κ2) is 3.88. The fraction of sp³-hybridized carbons (Fsp3) is 0.400. The molecule has 1 fully saturated rings. The van der Waals surface area contributed by atoms with Crippen LogP contribution < -0.4 is 0 Å². The zero-order valence-electron chi connectivity index (χ0n) is 8.75. The van der Waals surface area contributed by atoms with E-state index >= 15 is 0 Å². The fourth-order valence-corrected chi connectivity index (χ4v) is 1.56. The number of hydrogen-bond acceptors (Lipinski definition) is 4. The highest BCUT2D eigenvalue weighted by Gasteiger charge is 2.31. The van der Waals surface area contributed by atoms with Crippen LogP contribution in [0.15, 0.2) is 12.4 Å². The van der Waals surface area contributed by atoms with Crippen LogP contribution in [-0.2, 0) is 4.79 Å². The van der Waals surface area contributed by atoms with E-state index in [1.54, 1.807) is 4.90 Å². The van der Waals surface area contributed by atoms with Gasteiger partial charge in [0.15, 0.2) is 0 Å². The van der Waals surface area contributed by atoms with Crippen LogP contribution in [0.3, 0.4) is 0 Å². The average Bonchev–Trinajstić information content (AvgIpc) is 2.15. The highest BCUT2D eigenvalue weighted by atomic mass is 16.4. The van der Waals surface area contributed by atoms with Crippen LogP contribution in [0.2, 0.25) is 0 Å². The molecule has 16 heavy (non-hydrogen) atoms. The molecule has 1 aliphatic rings. The molecule has 1 N–H and O–H groups in total. The Hall–Kier alpha value is -1.98. The standard InChI is InChI=1S/C10H11N3O3/c1-6(14)13-4-8(5-13)9-11-2-7(3-12-9)10(15)16/h2-3,8H,4-5H2,1H3,(H,15,16). The summed E-state index contributed by atoms with van der Waals surface area (Å²) in [5.74, 6) is -0.266. The van der Waals surface area contributed by atoms with Crippen LogP contribution in [0, 0.1) is 0 Å². The molecule has 84 valence electrons. The molecule has 1 aromatic rings. The van der Waals surface area contributed by atoms with Crippen molar-refractivity contribution in [2.24, 2.45) is 0 Å². The van der Waals surface area contributed by atoms with Crippen molar-refractivity contribution in [3.63, 3.8) is 0 Å². The number of carboxylic acids is 1. The summed E-state index contributed by atoms with van der Waals surface area (Å²) in [6.07, 6.45) is 2.59. The van der Waals surface area contributed by atoms with Gasteiger partial charge in [-0.2, -0.15) is 0 Å². The molecule has 0 radical (unpaired) electrons. The topological polar surface area (TPSA) is 83.4 Å². The second-order valence-electron chi connectivity index (χ2n) is 3.76. The fourth-order valence-electron chi connectivity index (χ4n) is 1.56. The summed E-state index contributed by atoms with van der Waals surface area (Å²) in [5, 5.41) is 8.67. The van der Waals surface area contributed by atoms with Crippen molar-refractivity contribution in [2.45, 2.75) is 12.8 Å². The number of amides is 1. The minimum absolute atomic E-state index is 0.0402. The lowest BCUT2D eigenvalue weighted by Gasteiger charge is -2.37. The van der Waals surface area contributed by atoms with Crippen molar-refractivity contribution in [2.75, 3.05) is 13.1 Å². The molecular formula is C10H11N3O3. The zero-order valence-corrected chi connectivity index (χ0v) is 8.75. The van der Waals surface area contributed by atoms with Crippen molar-refractivity contribution >= 4 is 11.9 Å². The number of hydrogen-bond donors (Lipinski definition) is 1. The Bertz CT molecular complexity index is 423. The van der Waals surface area contributed by atoms with E-state index in [4.69, 9.17) is 5.11 Å². The van der Waals surface area contributed by atoms with Gasteiger partial charge >= 0.3 is 5.97 Å². The number of rotatable bonds is 2. The van der Waals surface area contributed by atoms with Crippen LogP contribution in [0.5, 0.6) is 0 Å². The Morgan fingerprint density at radius 3 is 2.38 bits per heavy atom. The third kappa shape index (κ3) is 1.86. The molecule has 6 heteroatoms. The van der Waals surface area contributed by atoms with Gasteiger partial charge in [-0.3, -0.25) is 4.79 Å². The average molecular weight is 221 g/mol. The zero-order chi connectivity index (χ0) is 11.7. The predicted molar refractivity (Wildman–Crippen MR) is 54.0 cm³/mol. The number of carbonyl (C=O) groups excluding carboxylic acids is 1. The Kier molecular flexibility index (Phi) is 2.55. The van der Waals surface area contributed by atoms with E-state index in [0.717, 1.165) is 0 Å². The highest BCUT2D eigenvalue weighted by molar-refractivity contribution is 5.86. The number of carbonyl (C=O) groups is 2. The summed E-state index contributed by atoms with van der Waals surface area (Å²) in [7, 11) is 0. The molecule has 1 saturated heterocycles. The van der Waals surface area contributed by atoms with E-state index in [1.165, 1.54) is 19.3 Å². The maximum atomic E-state index is 11.0. The number of carboxylic acid groups (broad SMARTS) is 1. The van der Waals surface area contributed by atoms with Gasteiger partial charge in [-0.25, -0.2) is 14.8 Å². The molecule has 0 atom stereocenters. The molecule has 0 spiro atoms. The Labute approximate surface area is 91.9 Å². The monoisotopic (exact) mass is 221 g/mol. The van der Waals surface area contributed by atoms with E-state index < -0.39 is 5.97 Å². The van der Waals surface area contributed by atoms with Crippen LogP contribution in [0.25, 0.3) is 0 Å². The van der Waals surface area contributed by atoms with E-state index in [0.29, 0.717) is 18.9 Å². The Balaban J connectivity index is 2.02. The Morgan fingerprint density at radius 1 is 1.38 bits per heavy atom. The minimum Gasteiger partial charge on any atom is -0.478 e. The lowest BCUT2D eigenvalue weighted by molar-refractivity contribution is -0.133. The number of aromatic carboxylic acids is 1. The maximum absolute atomic E-state index is 11.0. The van der Waals surface area contributed by atoms with Crippen LogP contribution in [-0.4, -0.2) is 44.9 Å². The summed E-state index contributed by atoms with van der Waals surface area (Å²) in [6.45, 7) is 2.74. The predicted octanol–water partition coefficient (Wildman–Crippen LogP) is 0.121. The summed E-state index contributed by atoms with van der Waals surface area (Å²) in [4.78, 5) is 31.2. The number of aromatic nitrogens is 2. The molecule has 0 aliphatic carbocycles. The normalized spacial score (nSPS) is 15.7. The third-order valence-corrected chi connectivity index (χ3v) is 2.61. The van der Waals surface area contributed by atoms with Crippen molar-refractivity contribution < 1.29 is 14.7 Å². The van der Waals surface area contributed by atoms with Crippen LogP contribution in [0.1, 0.15) is 29.0 Å². The van der Waals surface area contributed by atoms with Gasteiger partial charge in [0.2, 0.25) is 5.91 Å². The van der Waals surface area contributed by atoms with Gasteiger partial charge in [0, 0.05) is 32.4 Å². The minimum atomic E-state index is -1.04. The first-order valence-corrected chi connectivity index (χ1v) is 4.88. The molecule has 1 amide bonds. The quantitative estimate of drug-likeness (QED) is 0.766. The molecule has 0 saturated carbocycles. The number of nitrogens with zero attached hydrogens (tertiary/aromatic N) is 3. The van der Waals surface area contributed by atoms with Gasteiger partial charge in [0.05, 0.1) is 11.5 Å². The van der Waals surface area contributed by atoms with Gasteiger partial charge in [-0.05, 0) is 0 Å². The van der Waals surface area contributed by atoms with E-state index in [-0.39, 0.29) is 17.4 Å². The summed E-state index contributed by atoms with van der Waals surface area (Å²) in [6, 6.07) is 0. The van der Waals surface area contributed by atoms with Crippen LogP contribution in [0.4, 0.5) is 0 Å². The molecule has 0 bridgehead atoms.